The smallest absolute Gasteiger partial charge is 0.101 e. The molecule has 0 heterocycles. The molecule has 15 heavy (non-hydrogen) atoms. The average molecular weight is 225 g/mol. The fourth-order valence-electron chi connectivity index (χ4n) is 1.10. The van der Waals surface area contributed by atoms with E-state index in [2.05, 4.69) is 11.4 Å². The van der Waals surface area contributed by atoms with Crippen molar-refractivity contribution in [2.24, 2.45) is 0 Å². The molecule has 0 spiro atoms. The van der Waals surface area contributed by atoms with Crippen LogP contribution in [0.25, 0.3) is 0 Å². The lowest BCUT2D eigenvalue weighted by Crippen LogP contribution is -2.18. The number of nitriles is 1. The minimum atomic E-state index is 0.104. The molecular weight excluding hydrogens is 212 g/mol. The Morgan fingerprint density at radius 1 is 1.60 bits per heavy atom. The van der Waals surface area contributed by atoms with E-state index in [0.717, 1.165) is 5.69 Å². The van der Waals surface area contributed by atoms with Crippen LogP contribution in [0.1, 0.15) is 12.5 Å². The van der Waals surface area contributed by atoms with Crippen molar-refractivity contribution in [1.29, 1.82) is 5.26 Å². The zero-order chi connectivity index (χ0) is 11.3. The Kier molecular flexibility index (Phi) is 4.41. The van der Waals surface area contributed by atoms with Crippen LogP contribution in [0.3, 0.4) is 0 Å². The molecule has 0 aliphatic rings. The van der Waals surface area contributed by atoms with E-state index in [1.165, 1.54) is 0 Å². The van der Waals surface area contributed by atoms with Gasteiger partial charge in [0.05, 0.1) is 17.4 Å². The molecule has 4 heteroatoms. The van der Waals surface area contributed by atoms with Crippen molar-refractivity contribution in [3.8, 4) is 6.07 Å². The summed E-state index contributed by atoms with van der Waals surface area (Å²) in [6, 6.07) is 7.28. The monoisotopic (exact) mass is 224 g/mol. The predicted octanol–water partition coefficient (Wildman–Crippen LogP) is 2.66. The number of methoxy groups -OCH3 is 1. The minimum absolute atomic E-state index is 0.104. The van der Waals surface area contributed by atoms with E-state index in [4.69, 9.17) is 21.6 Å². The van der Waals surface area contributed by atoms with E-state index in [9.17, 15) is 0 Å². The van der Waals surface area contributed by atoms with Crippen molar-refractivity contribution in [2.75, 3.05) is 19.0 Å². The minimum Gasteiger partial charge on any atom is -0.381 e. The molecule has 0 radical (unpaired) electrons. The van der Waals surface area contributed by atoms with E-state index < -0.39 is 0 Å². The zero-order valence-electron chi connectivity index (χ0n) is 8.75. The first-order valence-electron chi connectivity index (χ1n) is 4.63. The molecule has 0 bridgehead atoms. The van der Waals surface area contributed by atoms with Crippen LogP contribution in [0.4, 0.5) is 5.69 Å². The second kappa shape index (κ2) is 5.59. The Hall–Kier alpha value is -1.24. The molecule has 80 valence electrons. The predicted molar refractivity (Wildman–Crippen MR) is 61.1 cm³/mol. The summed E-state index contributed by atoms with van der Waals surface area (Å²) in [6.07, 6.45) is 0.104. The van der Waals surface area contributed by atoms with Crippen molar-refractivity contribution in [3.05, 3.63) is 28.8 Å². The van der Waals surface area contributed by atoms with Gasteiger partial charge in [-0.25, -0.2) is 0 Å². The number of benzene rings is 1. The lowest BCUT2D eigenvalue weighted by Gasteiger charge is -2.12. The highest BCUT2D eigenvalue weighted by Gasteiger charge is 2.04. The molecule has 0 saturated heterocycles. The molecule has 1 N–H and O–H groups in total. The van der Waals surface area contributed by atoms with Crippen LogP contribution in [0.5, 0.6) is 0 Å². The third-order valence-electron chi connectivity index (χ3n) is 2.08. The number of rotatable bonds is 4. The Morgan fingerprint density at radius 3 is 2.93 bits per heavy atom. The summed E-state index contributed by atoms with van der Waals surface area (Å²) in [7, 11) is 1.65. The third-order valence-corrected chi connectivity index (χ3v) is 2.32. The topological polar surface area (TPSA) is 45.0 Å². The van der Waals surface area contributed by atoms with Gasteiger partial charge in [-0.05, 0) is 25.1 Å². The van der Waals surface area contributed by atoms with Crippen molar-refractivity contribution < 1.29 is 4.74 Å². The van der Waals surface area contributed by atoms with E-state index >= 15 is 0 Å². The van der Waals surface area contributed by atoms with Crippen LogP contribution in [-0.2, 0) is 4.74 Å². The fourth-order valence-corrected chi connectivity index (χ4v) is 1.27. The van der Waals surface area contributed by atoms with Crippen LogP contribution in [0.15, 0.2) is 18.2 Å². The van der Waals surface area contributed by atoms with Crippen LogP contribution in [0.2, 0.25) is 5.02 Å². The molecule has 0 amide bonds. The van der Waals surface area contributed by atoms with Gasteiger partial charge in [-0.15, -0.1) is 0 Å². The fraction of sp³-hybridized carbons (Fsp3) is 0.364. The van der Waals surface area contributed by atoms with E-state index in [1.54, 1.807) is 25.3 Å². The zero-order valence-corrected chi connectivity index (χ0v) is 9.51. The number of hydrogen-bond donors (Lipinski definition) is 1. The molecule has 0 saturated carbocycles. The molecule has 1 atom stereocenters. The van der Waals surface area contributed by atoms with Gasteiger partial charge in [0.25, 0.3) is 0 Å². The number of nitrogens with one attached hydrogen (secondary N) is 1. The first-order chi connectivity index (χ1) is 7.17. The number of ether oxygens (including phenoxy) is 1. The normalized spacial score (nSPS) is 11.9. The largest absolute Gasteiger partial charge is 0.381 e. The van der Waals surface area contributed by atoms with Gasteiger partial charge in [0.1, 0.15) is 6.07 Å². The first kappa shape index (κ1) is 11.8. The van der Waals surface area contributed by atoms with E-state index in [1.807, 2.05) is 6.92 Å². The van der Waals surface area contributed by atoms with Crippen molar-refractivity contribution in [3.63, 3.8) is 0 Å². The highest BCUT2D eigenvalue weighted by molar-refractivity contribution is 6.30. The number of hydrogen-bond acceptors (Lipinski definition) is 3. The number of anilines is 1. The van der Waals surface area contributed by atoms with Crippen LogP contribution in [0, 0.1) is 11.3 Å². The van der Waals surface area contributed by atoms with E-state index in [-0.39, 0.29) is 6.10 Å². The molecule has 1 unspecified atom stereocenters. The van der Waals surface area contributed by atoms with E-state index in [0.29, 0.717) is 17.1 Å². The molecule has 0 aromatic heterocycles. The van der Waals surface area contributed by atoms with Crippen molar-refractivity contribution in [2.45, 2.75) is 13.0 Å². The quantitative estimate of drug-likeness (QED) is 0.855. The SMILES string of the molecule is COC(C)CNc1ccc(Cl)cc1C#N. The van der Waals surface area contributed by atoms with Gasteiger partial charge in [0, 0.05) is 18.7 Å². The summed E-state index contributed by atoms with van der Waals surface area (Å²) >= 11 is 5.78. The highest BCUT2D eigenvalue weighted by atomic mass is 35.5. The molecule has 0 aliphatic heterocycles. The van der Waals surface area contributed by atoms with Gasteiger partial charge in [0.15, 0.2) is 0 Å². The van der Waals surface area contributed by atoms with Gasteiger partial charge in [0.2, 0.25) is 0 Å². The maximum Gasteiger partial charge on any atom is 0.101 e. The maximum absolute atomic E-state index is 8.89. The van der Waals surface area contributed by atoms with Gasteiger partial charge >= 0.3 is 0 Å². The second-order valence-corrected chi connectivity index (χ2v) is 3.67. The molecule has 3 nitrogen and oxygen atoms in total. The molecule has 1 aromatic rings. The first-order valence-corrected chi connectivity index (χ1v) is 5.01. The summed E-state index contributed by atoms with van der Waals surface area (Å²) < 4.78 is 5.10. The van der Waals surface area contributed by atoms with Crippen LogP contribution in [-0.4, -0.2) is 19.8 Å². The number of halogens is 1. The third kappa shape index (κ3) is 3.43. The van der Waals surface area contributed by atoms with Gasteiger partial charge in [-0.1, -0.05) is 11.6 Å². The molecule has 0 aliphatic carbocycles. The molecule has 0 fully saturated rings. The van der Waals surface area contributed by atoms with Crippen LogP contribution < -0.4 is 5.32 Å². The lowest BCUT2D eigenvalue weighted by molar-refractivity contribution is 0.129. The molecule has 1 aromatic carbocycles. The standard InChI is InChI=1S/C11H13ClN2O/c1-8(15-2)7-14-11-4-3-10(12)5-9(11)6-13/h3-5,8,14H,7H2,1-2H3. The van der Waals surface area contributed by atoms with Crippen molar-refractivity contribution >= 4 is 17.3 Å². The van der Waals surface area contributed by atoms with Gasteiger partial charge < -0.3 is 10.1 Å². The second-order valence-electron chi connectivity index (χ2n) is 3.23. The summed E-state index contributed by atoms with van der Waals surface area (Å²) in [5.41, 5.74) is 1.33. The van der Waals surface area contributed by atoms with Crippen LogP contribution >= 0.6 is 11.6 Å². The maximum atomic E-state index is 8.89. The Morgan fingerprint density at radius 2 is 2.33 bits per heavy atom. The van der Waals surface area contributed by atoms with Gasteiger partial charge in [-0.3, -0.25) is 0 Å². The van der Waals surface area contributed by atoms with Gasteiger partial charge in [-0.2, -0.15) is 5.26 Å². The summed E-state index contributed by atoms with van der Waals surface area (Å²) in [5, 5.41) is 12.6. The highest BCUT2D eigenvalue weighted by Crippen LogP contribution is 2.19. The average Bonchev–Trinajstić information content (AvgIpc) is 2.26. The summed E-state index contributed by atoms with van der Waals surface area (Å²) in [6.45, 7) is 2.61. The molecule has 1 rings (SSSR count). The van der Waals surface area contributed by atoms with Crippen molar-refractivity contribution in [1.82, 2.24) is 0 Å². The molecular formula is C11H13ClN2O. The Bertz CT molecular complexity index is 373. The summed E-state index contributed by atoms with van der Waals surface area (Å²) in [5.74, 6) is 0. The summed E-state index contributed by atoms with van der Waals surface area (Å²) in [4.78, 5) is 0. The number of nitrogens with zero attached hydrogens (tertiary/aromatic N) is 1. The Balaban J connectivity index is 2.73. The Labute approximate surface area is 94.6 Å². The lowest BCUT2D eigenvalue weighted by atomic mass is 10.2.